The van der Waals surface area contributed by atoms with Gasteiger partial charge < -0.3 is 9.64 Å². The SMILES string of the molecule is C=CCOc1ccccc1CN1CCN(c2cnn(C)c2)C(=O)C1. The zero-order chi connectivity index (χ0) is 16.9. The molecule has 126 valence electrons. The first-order valence-electron chi connectivity index (χ1n) is 8.00. The van der Waals surface area contributed by atoms with E-state index in [0.717, 1.165) is 23.5 Å². The number of benzene rings is 1. The Morgan fingerprint density at radius 1 is 1.33 bits per heavy atom. The van der Waals surface area contributed by atoms with Crippen LogP contribution in [0.3, 0.4) is 0 Å². The molecule has 0 saturated carbocycles. The average Bonchev–Trinajstić information content (AvgIpc) is 3.00. The van der Waals surface area contributed by atoms with Gasteiger partial charge in [-0.1, -0.05) is 30.9 Å². The summed E-state index contributed by atoms with van der Waals surface area (Å²) in [4.78, 5) is 16.4. The Morgan fingerprint density at radius 3 is 2.88 bits per heavy atom. The lowest BCUT2D eigenvalue weighted by Gasteiger charge is -2.33. The van der Waals surface area contributed by atoms with E-state index in [1.165, 1.54) is 0 Å². The molecule has 0 bridgehead atoms. The number of nitrogens with zero attached hydrogens (tertiary/aromatic N) is 4. The van der Waals surface area contributed by atoms with Gasteiger partial charge in [0.05, 0.1) is 18.4 Å². The molecule has 0 unspecified atom stereocenters. The third kappa shape index (κ3) is 3.65. The van der Waals surface area contributed by atoms with E-state index in [0.29, 0.717) is 26.2 Å². The maximum atomic E-state index is 12.5. The molecule has 1 aromatic carbocycles. The van der Waals surface area contributed by atoms with Crippen molar-refractivity contribution in [1.82, 2.24) is 14.7 Å². The minimum atomic E-state index is 0.0961. The lowest BCUT2D eigenvalue weighted by atomic mass is 10.1. The monoisotopic (exact) mass is 326 g/mol. The van der Waals surface area contributed by atoms with E-state index >= 15 is 0 Å². The number of hydrogen-bond acceptors (Lipinski definition) is 4. The fourth-order valence-corrected chi connectivity index (χ4v) is 2.84. The molecule has 2 heterocycles. The maximum Gasteiger partial charge on any atom is 0.241 e. The first-order valence-corrected chi connectivity index (χ1v) is 8.00. The Kier molecular flexibility index (Phi) is 4.96. The number of hydrogen-bond donors (Lipinski definition) is 0. The summed E-state index contributed by atoms with van der Waals surface area (Å²) in [5.74, 6) is 0.943. The minimum absolute atomic E-state index is 0.0961. The number of carbonyl (C=O) groups excluding carboxylic acids is 1. The topological polar surface area (TPSA) is 50.6 Å². The Bertz CT molecular complexity index is 725. The highest BCUT2D eigenvalue weighted by Gasteiger charge is 2.26. The van der Waals surface area contributed by atoms with Gasteiger partial charge in [0.15, 0.2) is 0 Å². The van der Waals surface area contributed by atoms with E-state index in [1.807, 2.05) is 37.5 Å². The molecule has 0 N–H and O–H groups in total. The first-order chi connectivity index (χ1) is 11.7. The molecule has 1 aliphatic heterocycles. The molecule has 1 fully saturated rings. The van der Waals surface area contributed by atoms with Crippen LogP contribution in [0.4, 0.5) is 5.69 Å². The highest BCUT2D eigenvalue weighted by atomic mass is 16.5. The summed E-state index contributed by atoms with van der Waals surface area (Å²) >= 11 is 0. The average molecular weight is 326 g/mol. The molecule has 3 rings (SSSR count). The van der Waals surface area contributed by atoms with Crippen molar-refractivity contribution in [1.29, 1.82) is 0 Å². The fraction of sp³-hybridized carbons (Fsp3) is 0.333. The number of aromatic nitrogens is 2. The van der Waals surface area contributed by atoms with Gasteiger partial charge >= 0.3 is 0 Å². The molecule has 24 heavy (non-hydrogen) atoms. The summed E-state index contributed by atoms with van der Waals surface area (Å²) in [6.45, 7) is 6.73. The number of ether oxygens (including phenoxy) is 1. The highest BCUT2D eigenvalue weighted by Crippen LogP contribution is 2.22. The van der Waals surface area contributed by atoms with Crippen LogP contribution in [0.15, 0.2) is 49.3 Å². The van der Waals surface area contributed by atoms with Gasteiger partial charge in [-0.2, -0.15) is 5.10 Å². The standard InChI is InChI=1S/C18H22N4O2/c1-3-10-24-17-7-5-4-6-15(17)12-21-8-9-22(18(23)14-21)16-11-19-20(2)13-16/h3-7,11,13H,1,8-10,12,14H2,2H3. The molecule has 1 saturated heterocycles. The number of para-hydroxylation sites is 1. The van der Waals surface area contributed by atoms with Gasteiger partial charge in [-0.15, -0.1) is 0 Å². The van der Waals surface area contributed by atoms with Crippen molar-refractivity contribution in [2.45, 2.75) is 6.54 Å². The Morgan fingerprint density at radius 2 is 2.17 bits per heavy atom. The molecule has 0 atom stereocenters. The van der Waals surface area contributed by atoms with Crippen LogP contribution in [0.1, 0.15) is 5.56 Å². The van der Waals surface area contributed by atoms with Crippen molar-refractivity contribution in [2.24, 2.45) is 7.05 Å². The summed E-state index contributed by atoms with van der Waals surface area (Å²) in [5.41, 5.74) is 1.94. The minimum Gasteiger partial charge on any atom is -0.489 e. The van der Waals surface area contributed by atoms with Gasteiger partial charge in [0.1, 0.15) is 12.4 Å². The summed E-state index contributed by atoms with van der Waals surface area (Å²) in [5, 5.41) is 4.14. The van der Waals surface area contributed by atoms with Crippen LogP contribution in [0.5, 0.6) is 5.75 Å². The predicted molar refractivity (Wildman–Crippen MR) is 93.0 cm³/mol. The van der Waals surface area contributed by atoms with E-state index < -0.39 is 0 Å². The molecule has 0 radical (unpaired) electrons. The van der Waals surface area contributed by atoms with Crippen molar-refractivity contribution < 1.29 is 9.53 Å². The van der Waals surface area contributed by atoms with Gasteiger partial charge in [0.2, 0.25) is 5.91 Å². The molecule has 0 aliphatic carbocycles. The fourth-order valence-electron chi connectivity index (χ4n) is 2.84. The molecular weight excluding hydrogens is 304 g/mol. The molecule has 1 amide bonds. The van der Waals surface area contributed by atoms with Gasteiger partial charge in [-0.05, 0) is 6.07 Å². The quantitative estimate of drug-likeness (QED) is 0.760. The Balaban J connectivity index is 1.64. The second kappa shape index (κ2) is 7.31. The van der Waals surface area contributed by atoms with Crippen LogP contribution in [0.25, 0.3) is 0 Å². The van der Waals surface area contributed by atoms with E-state index in [9.17, 15) is 4.79 Å². The van der Waals surface area contributed by atoms with Gasteiger partial charge in [-0.25, -0.2) is 0 Å². The lowest BCUT2D eigenvalue weighted by Crippen LogP contribution is -2.50. The molecular formula is C18H22N4O2. The third-order valence-corrected chi connectivity index (χ3v) is 4.03. The number of piperazine rings is 1. The van der Waals surface area contributed by atoms with Crippen LogP contribution in [0.2, 0.25) is 0 Å². The molecule has 1 aliphatic rings. The normalized spacial score (nSPS) is 15.5. The lowest BCUT2D eigenvalue weighted by molar-refractivity contribution is -0.121. The van der Waals surface area contributed by atoms with Crippen molar-refractivity contribution >= 4 is 11.6 Å². The van der Waals surface area contributed by atoms with E-state index in [-0.39, 0.29) is 5.91 Å². The maximum absolute atomic E-state index is 12.5. The van der Waals surface area contributed by atoms with Crippen molar-refractivity contribution in [3.63, 3.8) is 0 Å². The smallest absolute Gasteiger partial charge is 0.241 e. The van der Waals surface area contributed by atoms with E-state index in [1.54, 1.807) is 21.9 Å². The summed E-state index contributed by atoms with van der Waals surface area (Å²) < 4.78 is 7.41. The van der Waals surface area contributed by atoms with Crippen molar-refractivity contribution in [2.75, 3.05) is 31.1 Å². The molecule has 6 nitrogen and oxygen atoms in total. The van der Waals surface area contributed by atoms with Crippen LogP contribution in [-0.2, 0) is 18.4 Å². The van der Waals surface area contributed by atoms with E-state index in [2.05, 4.69) is 16.6 Å². The number of amides is 1. The zero-order valence-corrected chi connectivity index (χ0v) is 13.9. The summed E-state index contributed by atoms with van der Waals surface area (Å²) in [7, 11) is 1.85. The summed E-state index contributed by atoms with van der Waals surface area (Å²) in [6.07, 6.45) is 5.32. The number of carbonyl (C=O) groups is 1. The van der Waals surface area contributed by atoms with Crippen LogP contribution in [-0.4, -0.2) is 46.8 Å². The number of anilines is 1. The Labute approximate surface area is 141 Å². The molecule has 2 aromatic rings. The molecule has 1 aromatic heterocycles. The number of rotatable bonds is 6. The van der Waals surface area contributed by atoms with Gasteiger partial charge in [-0.3, -0.25) is 14.4 Å². The molecule has 6 heteroatoms. The van der Waals surface area contributed by atoms with E-state index in [4.69, 9.17) is 4.74 Å². The third-order valence-electron chi connectivity index (χ3n) is 4.03. The molecule has 0 spiro atoms. The largest absolute Gasteiger partial charge is 0.489 e. The Hall–Kier alpha value is -2.60. The number of aryl methyl sites for hydroxylation is 1. The van der Waals surface area contributed by atoms with Crippen molar-refractivity contribution in [3.05, 3.63) is 54.9 Å². The first kappa shape index (κ1) is 16.3. The second-order valence-corrected chi connectivity index (χ2v) is 5.84. The second-order valence-electron chi connectivity index (χ2n) is 5.84. The van der Waals surface area contributed by atoms with Gasteiger partial charge in [0, 0.05) is 38.4 Å². The van der Waals surface area contributed by atoms with Crippen LogP contribution in [0, 0.1) is 0 Å². The summed E-state index contributed by atoms with van der Waals surface area (Å²) in [6, 6.07) is 7.93. The van der Waals surface area contributed by atoms with Gasteiger partial charge in [0.25, 0.3) is 0 Å². The van der Waals surface area contributed by atoms with Crippen LogP contribution >= 0.6 is 0 Å². The zero-order valence-electron chi connectivity index (χ0n) is 13.9. The highest BCUT2D eigenvalue weighted by molar-refractivity contribution is 5.95. The van der Waals surface area contributed by atoms with Crippen LogP contribution < -0.4 is 9.64 Å². The predicted octanol–water partition coefficient (Wildman–Crippen LogP) is 1.83. The van der Waals surface area contributed by atoms with Crippen molar-refractivity contribution in [3.8, 4) is 5.75 Å².